The number of rotatable bonds is 6. The topological polar surface area (TPSA) is 43.8 Å². The molecule has 16 heavy (non-hydrogen) atoms. The van der Waals surface area contributed by atoms with Crippen LogP contribution in [-0.4, -0.2) is 60.1 Å². The van der Waals surface area contributed by atoms with Gasteiger partial charge in [0.15, 0.2) is 0 Å². The van der Waals surface area contributed by atoms with Crippen LogP contribution >= 0.6 is 0 Å². The molecule has 94 valence electrons. The van der Waals surface area contributed by atoms with Gasteiger partial charge in [0.1, 0.15) is 0 Å². The van der Waals surface area contributed by atoms with Crippen LogP contribution in [0.5, 0.6) is 0 Å². The standard InChI is InChI=1S/C12H24N2O2/c1-10(2)7-13(3)8-11(15)9-14-6-4-5-12(14)16/h10-11,15H,4-9H2,1-3H3. The van der Waals surface area contributed by atoms with E-state index >= 15 is 0 Å². The Hall–Kier alpha value is -0.610. The van der Waals surface area contributed by atoms with E-state index in [4.69, 9.17) is 0 Å². The first-order valence-corrected chi connectivity index (χ1v) is 6.13. The van der Waals surface area contributed by atoms with Crippen molar-refractivity contribution in [1.29, 1.82) is 0 Å². The molecule has 1 rings (SSSR count). The summed E-state index contributed by atoms with van der Waals surface area (Å²) in [4.78, 5) is 15.3. The van der Waals surface area contributed by atoms with Crippen molar-refractivity contribution in [3.63, 3.8) is 0 Å². The van der Waals surface area contributed by atoms with Gasteiger partial charge in [0.2, 0.25) is 5.91 Å². The number of hydrogen-bond donors (Lipinski definition) is 1. The normalized spacial score (nSPS) is 18.9. The summed E-state index contributed by atoms with van der Waals surface area (Å²) in [6.45, 7) is 7.23. The van der Waals surface area contributed by atoms with Crippen molar-refractivity contribution in [2.75, 3.05) is 33.2 Å². The molecular formula is C12H24N2O2. The van der Waals surface area contributed by atoms with Gasteiger partial charge in [-0.25, -0.2) is 0 Å². The van der Waals surface area contributed by atoms with Gasteiger partial charge in [-0.1, -0.05) is 13.8 Å². The second-order valence-corrected chi connectivity index (χ2v) is 5.21. The first-order valence-electron chi connectivity index (χ1n) is 6.13. The summed E-state index contributed by atoms with van der Waals surface area (Å²) in [6.07, 6.45) is 1.16. The predicted molar refractivity (Wildman–Crippen MR) is 64.2 cm³/mol. The maximum atomic E-state index is 11.4. The van der Waals surface area contributed by atoms with E-state index in [9.17, 15) is 9.90 Å². The molecule has 1 aliphatic rings. The van der Waals surface area contributed by atoms with Crippen LogP contribution in [-0.2, 0) is 4.79 Å². The molecule has 0 radical (unpaired) electrons. The van der Waals surface area contributed by atoms with E-state index in [0.717, 1.165) is 19.5 Å². The van der Waals surface area contributed by atoms with Crippen molar-refractivity contribution in [3.05, 3.63) is 0 Å². The van der Waals surface area contributed by atoms with Gasteiger partial charge in [-0.15, -0.1) is 0 Å². The number of amides is 1. The molecule has 0 aromatic heterocycles. The summed E-state index contributed by atoms with van der Waals surface area (Å²) in [7, 11) is 2.01. The summed E-state index contributed by atoms with van der Waals surface area (Å²) in [5, 5.41) is 9.88. The molecule has 4 heteroatoms. The Bertz CT molecular complexity index is 231. The zero-order valence-electron chi connectivity index (χ0n) is 10.6. The van der Waals surface area contributed by atoms with Crippen molar-refractivity contribution in [1.82, 2.24) is 9.80 Å². The number of carbonyl (C=O) groups excluding carboxylic acids is 1. The van der Waals surface area contributed by atoms with Crippen LogP contribution in [0.25, 0.3) is 0 Å². The Morgan fingerprint density at radius 3 is 2.62 bits per heavy atom. The Morgan fingerprint density at radius 1 is 1.44 bits per heavy atom. The van der Waals surface area contributed by atoms with E-state index in [2.05, 4.69) is 18.7 Å². The molecule has 0 aromatic carbocycles. The third-order valence-electron chi connectivity index (χ3n) is 2.80. The molecule has 0 bridgehead atoms. The second-order valence-electron chi connectivity index (χ2n) is 5.21. The van der Waals surface area contributed by atoms with Crippen LogP contribution in [0.3, 0.4) is 0 Å². The van der Waals surface area contributed by atoms with Gasteiger partial charge in [-0.3, -0.25) is 4.79 Å². The first-order chi connectivity index (χ1) is 7.49. The van der Waals surface area contributed by atoms with E-state index in [1.165, 1.54) is 0 Å². The summed E-state index contributed by atoms with van der Waals surface area (Å²) in [5.41, 5.74) is 0. The summed E-state index contributed by atoms with van der Waals surface area (Å²) in [5.74, 6) is 0.788. The number of β-amino-alcohol motifs (C(OH)–C–C–N with tert-alkyl or cyclic N) is 1. The molecule has 0 aromatic rings. The Balaban J connectivity index is 2.24. The lowest BCUT2D eigenvalue weighted by Crippen LogP contribution is -2.40. The molecule has 1 unspecified atom stereocenters. The van der Waals surface area contributed by atoms with Crippen LogP contribution in [0.4, 0.5) is 0 Å². The number of aliphatic hydroxyl groups excluding tert-OH is 1. The summed E-state index contributed by atoms with van der Waals surface area (Å²) >= 11 is 0. The van der Waals surface area contributed by atoms with Gasteiger partial charge in [-0.05, 0) is 19.4 Å². The van der Waals surface area contributed by atoms with E-state index in [1.807, 2.05) is 7.05 Å². The summed E-state index contributed by atoms with van der Waals surface area (Å²) in [6, 6.07) is 0. The number of carbonyl (C=O) groups is 1. The fourth-order valence-electron chi connectivity index (χ4n) is 2.27. The molecule has 0 spiro atoms. The highest BCUT2D eigenvalue weighted by Gasteiger charge is 2.22. The Kier molecular flexibility index (Phi) is 5.22. The quantitative estimate of drug-likeness (QED) is 0.722. The van der Waals surface area contributed by atoms with Gasteiger partial charge in [-0.2, -0.15) is 0 Å². The highest BCUT2D eigenvalue weighted by atomic mass is 16.3. The van der Waals surface area contributed by atoms with Gasteiger partial charge in [0.05, 0.1) is 6.10 Å². The molecule has 1 fully saturated rings. The van der Waals surface area contributed by atoms with Crippen LogP contribution in [0.15, 0.2) is 0 Å². The van der Waals surface area contributed by atoms with Gasteiger partial charge in [0, 0.05) is 32.6 Å². The molecule has 0 saturated carbocycles. The highest BCUT2D eigenvalue weighted by Crippen LogP contribution is 2.10. The predicted octanol–water partition coefficient (Wildman–Crippen LogP) is 0.558. The molecule has 4 nitrogen and oxygen atoms in total. The molecule has 1 aliphatic heterocycles. The minimum absolute atomic E-state index is 0.186. The smallest absolute Gasteiger partial charge is 0.222 e. The third kappa shape index (κ3) is 4.49. The molecular weight excluding hydrogens is 204 g/mol. The zero-order valence-corrected chi connectivity index (χ0v) is 10.6. The molecule has 1 amide bonds. The molecule has 1 heterocycles. The average Bonchev–Trinajstić information content (AvgIpc) is 2.49. The monoisotopic (exact) mass is 228 g/mol. The highest BCUT2D eigenvalue weighted by molar-refractivity contribution is 5.78. The lowest BCUT2D eigenvalue weighted by Gasteiger charge is -2.25. The number of likely N-dealkylation sites (N-methyl/N-ethyl adjacent to an activating group) is 1. The van der Waals surface area contributed by atoms with Crippen molar-refractivity contribution in [2.45, 2.75) is 32.8 Å². The van der Waals surface area contributed by atoms with E-state index in [1.54, 1.807) is 4.90 Å². The number of nitrogens with zero attached hydrogens (tertiary/aromatic N) is 2. The lowest BCUT2D eigenvalue weighted by molar-refractivity contribution is -0.129. The van der Waals surface area contributed by atoms with Crippen LogP contribution in [0, 0.1) is 5.92 Å². The Labute approximate surface area is 98.2 Å². The number of hydrogen-bond acceptors (Lipinski definition) is 3. The van der Waals surface area contributed by atoms with Crippen LogP contribution in [0.1, 0.15) is 26.7 Å². The number of aliphatic hydroxyl groups is 1. The van der Waals surface area contributed by atoms with Gasteiger partial charge in [0.25, 0.3) is 0 Å². The van der Waals surface area contributed by atoms with E-state index < -0.39 is 6.10 Å². The SMILES string of the molecule is CC(C)CN(C)CC(O)CN1CCCC1=O. The van der Waals surface area contributed by atoms with E-state index in [-0.39, 0.29) is 5.91 Å². The maximum Gasteiger partial charge on any atom is 0.222 e. The maximum absolute atomic E-state index is 11.4. The first kappa shape index (κ1) is 13.5. The van der Waals surface area contributed by atoms with Gasteiger partial charge >= 0.3 is 0 Å². The third-order valence-corrected chi connectivity index (χ3v) is 2.80. The number of likely N-dealkylation sites (tertiary alicyclic amines) is 1. The van der Waals surface area contributed by atoms with Crippen LogP contribution in [0.2, 0.25) is 0 Å². The van der Waals surface area contributed by atoms with Crippen molar-refractivity contribution < 1.29 is 9.90 Å². The van der Waals surface area contributed by atoms with Crippen molar-refractivity contribution in [2.24, 2.45) is 5.92 Å². The fourth-order valence-corrected chi connectivity index (χ4v) is 2.27. The lowest BCUT2D eigenvalue weighted by atomic mass is 10.2. The molecule has 1 saturated heterocycles. The minimum Gasteiger partial charge on any atom is -0.390 e. The molecule has 1 N–H and O–H groups in total. The van der Waals surface area contributed by atoms with E-state index in [0.29, 0.717) is 25.4 Å². The fraction of sp³-hybridized carbons (Fsp3) is 0.917. The molecule has 0 aliphatic carbocycles. The average molecular weight is 228 g/mol. The second kappa shape index (κ2) is 6.21. The van der Waals surface area contributed by atoms with Crippen LogP contribution < -0.4 is 0 Å². The molecule has 1 atom stereocenters. The zero-order chi connectivity index (χ0) is 12.1. The van der Waals surface area contributed by atoms with Crippen molar-refractivity contribution in [3.8, 4) is 0 Å². The minimum atomic E-state index is -0.425. The summed E-state index contributed by atoms with van der Waals surface area (Å²) < 4.78 is 0. The Morgan fingerprint density at radius 2 is 2.12 bits per heavy atom. The van der Waals surface area contributed by atoms with Crippen molar-refractivity contribution >= 4 is 5.91 Å². The largest absolute Gasteiger partial charge is 0.390 e. The van der Waals surface area contributed by atoms with Gasteiger partial charge < -0.3 is 14.9 Å².